The first-order chi connectivity index (χ1) is 17.1. The van der Waals surface area contributed by atoms with E-state index in [0.29, 0.717) is 29.6 Å². The Kier molecular flexibility index (Phi) is 4.98. The third-order valence-corrected chi connectivity index (χ3v) is 11.8. The average molecular weight is 503 g/mol. The van der Waals surface area contributed by atoms with Gasteiger partial charge in [-0.25, -0.2) is 4.79 Å². The summed E-state index contributed by atoms with van der Waals surface area (Å²) < 4.78 is 35.6. The number of ether oxygens (including phenoxy) is 6. The van der Waals surface area contributed by atoms with Gasteiger partial charge >= 0.3 is 6.16 Å². The Morgan fingerprint density at radius 3 is 2.50 bits per heavy atom. The van der Waals surface area contributed by atoms with Gasteiger partial charge in [-0.3, -0.25) is 0 Å². The summed E-state index contributed by atoms with van der Waals surface area (Å²) in [4.78, 5) is 11.9. The fourth-order valence-electron chi connectivity index (χ4n) is 9.79. The van der Waals surface area contributed by atoms with E-state index >= 15 is 0 Å². The van der Waals surface area contributed by atoms with Crippen LogP contribution in [0.4, 0.5) is 4.79 Å². The van der Waals surface area contributed by atoms with Crippen molar-refractivity contribution in [2.24, 2.45) is 45.8 Å². The number of hydrogen-bond donors (Lipinski definition) is 0. The molecule has 0 N–H and O–H groups in total. The van der Waals surface area contributed by atoms with Crippen molar-refractivity contribution in [2.75, 3.05) is 20.3 Å². The molecule has 0 amide bonds. The predicted octanol–water partition coefficient (Wildman–Crippen LogP) is 4.73. The molecule has 12 atom stereocenters. The second-order valence-corrected chi connectivity index (χ2v) is 14.1. The summed E-state index contributed by atoms with van der Waals surface area (Å²) in [5, 5.41) is 0. The molecule has 1 unspecified atom stereocenters. The van der Waals surface area contributed by atoms with E-state index in [-0.39, 0.29) is 52.6 Å². The van der Waals surface area contributed by atoms with Crippen LogP contribution in [0.2, 0.25) is 0 Å². The first-order valence-corrected chi connectivity index (χ1v) is 14.1. The van der Waals surface area contributed by atoms with Gasteiger partial charge in [-0.1, -0.05) is 46.8 Å². The van der Waals surface area contributed by atoms with E-state index in [9.17, 15) is 4.79 Å². The summed E-state index contributed by atoms with van der Waals surface area (Å²) in [7, 11) is 1.34. The lowest BCUT2D eigenvalue weighted by molar-refractivity contribution is -0.253. The van der Waals surface area contributed by atoms with Crippen molar-refractivity contribution in [3.05, 3.63) is 12.2 Å². The van der Waals surface area contributed by atoms with Gasteiger partial charge in [0.15, 0.2) is 12.4 Å². The molecule has 3 saturated carbocycles. The minimum Gasteiger partial charge on any atom is -0.438 e. The molecule has 0 aromatic rings. The molecule has 7 nitrogen and oxygen atoms in total. The van der Waals surface area contributed by atoms with Crippen LogP contribution >= 0.6 is 0 Å². The highest BCUT2D eigenvalue weighted by atomic mass is 16.8. The van der Waals surface area contributed by atoms with Crippen molar-refractivity contribution in [2.45, 2.75) is 96.6 Å². The Balaban J connectivity index is 1.13. The van der Waals surface area contributed by atoms with Gasteiger partial charge in [0.1, 0.15) is 17.8 Å². The predicted molar refractivity (Wildman–Crippen MR) is 130 cm³/mol. The fraction of sp³-hybridized carbons (Fsp3) is 0.897. The molecule has 0 aromatic carbocycles. The van der Waals surface area contributed by atoms with Crippen LogP contribution in [0.5, 0.6) is 0 Å². The third kappa shape index (κ3) is 2.97. The van der Waals surface area contributed by atoms with Crippen LogP contribution in [0.15, 0.2) is 12.2 Å². The van der Waals surface area contributed by atoms with Gasteiger partial charge in [0.25, 0.3) is 0 Å². The summed E-state index contributed by atoms with van der Waals surface area (Å²) >= 11 is 0. The molecule has 0 aromatic heterocycles. The van der Waals surface area contributed by atoms with E-state index in [1.165, 1.54) is 32.8 Å². The molecule has 200 valence electrons. The van der Waals surface area contributed by atoms with Crippen LogP contribution in [-0.2, 0) is 28.4 Å². The minimum absolute atomic E-state index is 0.0660. The topological polar surface area (TPSA) is 79.1 Å². The number of fused-ring (bicyclic) bond motifs is 6. The smallest absolute Gasteiger partial charge is 0.438 e. The Bertz CT molecular complexity index is 969. The Morgan fingerprint density at radius 1 is 1.03 bits per heavy atom. The van der Waals surface area contributed by atoms with Crippen LogP contribution in [0.1, 0.15) is 60.3 Å². The quantitative estimate of drug-likeness (QED) is 0.314. The Morgan fingerprint density at radius 2 is 1.78 bits per heavy atom. The maximum Gasteiger partial charge on any atom is 0.508 e. The fourth-order valence-corrected chi connectivity index (χ4v) is 9.79. The zero-order valence-electron chi connectivity index (χ0n) is 22.5. The number of allylic oxidation sites excluding steroid dienone is 1. The van der Waals surface area contributed by atoms with Gasteiger partial charge in [-0.05, 0) is 54.8 Å². The van der Waals surface area contributed by atoms with Crippen molar-refractivity contribution in [3.63, 3.8) is 0 Å². The molecule has 1 spiro atoms. The van der Waals surface area contributed by atoms with Crippen LogP contribution in [0.25, 0.3) is 0 Å². The lowest BCUT2D eigenvalue weighted by atomic mass is 9.46. The molecule has 7 heteroatoms. The van der Waals surface area contributed by atoms with Gasteiger partial charge in [-0.15, -0.1) is 0 Å². The summed E-state index contributed by atoms with van der Waals surface area (Å²) in [5.41, 5.74) is -0.102. The molecule has 4 aliphatic carbocycles. The van der Waals surface area contributed by atoms with Crippen LogP contribution in [-0.4, -0.2) is 62.8 Å². The maximum atomic E-state index is 11.9. The molecule has 3 aliphatic heterocycles. The molecular weight excluding hydrogens is 460 g/mol. The SMILES string of the molecule is COC(=O)O[C@H]1[C@@H]2O[C@@H]2[C@]2(C)[C@H]3CC[C@]4(C)[C@@H](C(C)C5OCC(C)(C)CO5)CC[C@H]4[C@@H]3C=C[C@]23O[C@H]13. The molecule has 36 heavy (non-hydrogen) atoms. The van der Waals surface area contributed by atoms with Gasteiger partial charge in [0.2, 0.25) is 0 Å². The lowest BCUT2D eigenvalue weighted by Gasteiger charge is -2.57. The van der Waals surface area contributed by atoms with E-state index in [1.54, 1.807) is 0 Å². The lowest BCUT2D eigenvalue weighted by Crippen LogP contribution is -2.60. The number of rotatable bonds is 3. The van der Waals surface area contributed by atoms with Crippen molar-refractivity contribution in [3.8, 4) is 0 Å². The molecule has 3 saturated heterocycles. The highest BCUT2D eigenvalue weighted by Gasteiger charge is 2.85. The second-order valence-electron chi connectivity index (χ2n) is 14.1. The number of carbonyl (C=O) groups excluding carboxylic acids is 1. The number of hydrogen-bond acceptors (Lipinski definition) is 7. The van der Waals surface area contributed by atoms with E-state index in [1.807, 2.05) is 0 Å². The monoisotopic (exact) mass is 502 g/mol. The molecule has 0 bridgehead atoms. The number of methoxy groups -OCH3 is 1. The molecule has 6 fully saturated rings. The Hall–Kier alpha value is -1.15. The van der Waals surface area contributed by atoms with Gasteiger partial charge in [-0.2, -0.15) is 0 Å². The average Bonchev–Trinajstić information content (AvgIpc) is 3.75. The summed E-state index contributed by atoms with van der Waals surface area (Å²) in [6.07, 6.45) is 8.38. The van der Waals surface area contributed by atoms with Crippen molar-refractivity contribution in [1.29, 1.82) is 0 Å². The standard InChI is InChI=1S/C29H42O7/c1-15(24-32-13-26(2,3)14-33-24)17-7-8-18-16-9-12-29-23(36-29)21(35-25(30)31-6)20-22(34-20)28(29,5)19(16)10-11-27(17,18)4/h9,12,15-24H,7-8,10-11,13-14H2,1-6H3/t15?,16-,17+,18-,19-,20-,21-,22-,23+,27+,28-,29+/m0/s1. The van der Waals surface area contributed by atoms with Gasteiger partial charge < -0.3 is 28.4 Å². The molecule has 7 rings (SSSR count). The number of carbonyl (C=O) groups is 1. The second kappa shape index (κ2) is 7.49. The number of epoxide rings is 2. The van der Waals surface area contributed by atoms with E-state index < -0.39 is 6.16 Å². The van der Waals surface area contributed by atoms with E-state index in [0.717, 1.165) is 13.2 Å². The van der Waals surface area contributed by atoms with Crippen LogP contribution in [0.3, 0.4) is 0 Å². The highest BCUT2D eigenvalue weighted by molar-refractivity contribution is 5.60. The van der Waals surface area contributed by atoms with Gasteiger partial charge in [0.05, 0.1) is 26.4 Å². The zero-order chi connectivity index (χ0) is 25.3. The summed E-state index contributed by atoms with van der Waals surface area (Å²) in [6.45, 7) is 13.2. The highest BCUT2D eigenvalue weighted by Crippen LogP contribution is 2.75. The van der Waals surface area contributed by atoms with Gasteiger partial charge in [0, 0.05) is 16.7 Å². The van der Waals surface area contributed by atoms with E-state index in [2.05, 4.69) is 46.8 Å². The first-order valence-electron chi connectivity index (χ1n) is 14.1. The summed E-state index contributed by atoms with van der Waals surface area (Å²) in [6, 6.07) is 0. The largest absolute Gasteiger partial charge is 0.508 e. The molecular formula is C29H42O7. The third-order valence-electron chi connectivity index (χ3n) is 11.8. The first kappa shape index (κ1) is 23.9. The van der Waals surface area contributed by atoms with Crippen LogP contribution in [0, 0.1) is 45.8 Å². The minimum atomic E-state index is -0.657. The zero-order valence-corrected chi connectivity index (χ0v) is 22.5. The molecule has 3 heterocycles. The summed E-state index contributed by atoms with van der Waals surface area (Å²) in [5.74, 6) is 2.67. The van der Waals surface area contributed by atoms with Crippen molar-refractivity contribution >= 4 is 6.16 Å². The van der Waals surface area contributed by atoms with Crippen molar-refractivity contribution in [1.82, 2.24) is 0 Å². The van der Waals surface area contributed by atoms with Crippen molar-refractivity contribution < 1.29 is 33.2 Å². The van der Waals surface area contributed by atoms with E-state index in [4.69, 9.17) is 28.4 Å². The molecule has 7 aliphatic rings. The van der Waals surface area contributed by atoms with Crippen LogP contribution < -0.4 is 0 Å². The maximum absolute atomic E-state index is 11.9. The molecule has 0 radical (unpaired) electrons. The normalized spacial score (nSPS) is 54.7. The Labute approximate surface area is 214 Å².